The van der Waals surface area contributed by atoms with Gasteiger partial charge >= 0.3 is 5.97 Å². The third-order valence-corrected chi connectivity index (χ3v) is 3.82. The lowest BCUT2D eigenvalue weighted by Crippen LogP contribution is -2.13. The molecule has 0 bridgehead atoms. The van der Waals surface area contributed by atoms with E-state index in [0.717, 1.165) is 12.2 Å². The zero-order chi connectivity index (χ0) is 19.5. The fourth-order valence-corrected chi connectivity index (χ4v) is 2.25. The van der Waals surface area contributed by atoms with Gasteiger partial charge in [-0.05, 0) is 30.9 Å². The molecule has 6 heteroatoms. The summed E-state index contributed by atoms with van der Waals surface area (Å²) in [5, 5.41) is 0. The first-order valence-electron chi connectivity index (χ1n) is 9.22. The van der Waals surface area contributed by atoms with E-state index in [4.69, 9.17) is 14.2 Å². The van der Waals surface area contributed by atoms with Gasteiger partial charge in [0.15, 0.2) is 5.75 Å². The first-order valence-corrected chi connectivity index (χ1v) is 9.22. The van der Waals surface area contributed by atoms with E-state index in [1.54, 1.807) is 0 Å². The molecule has 2 rings (SSSR count). The van der Waals surface area contributed by atoms with Crippen molar-refractivity contribution in [3.63, 3.8) is 0 Å². The number of benzene rings is 1. The molecule has 0 aliphatic carbocycles. The summed E-state index contributed by atoms with van der Waals surface area (Å²) in [6.07, 6.45) is 3.21. The number of esters is 1. The van der Waals surface area contributed by atoms with Crippen molar-refractivity contribution in [1.29, 1.82) is 0 Å². The third kappa shape index (κ3) is 7.98. The minimum atomic E-state index is -0.329. The lowest BCUT2D eigenvalue weighted by molar-refractivity contribution is -0.145. The van der Waals surface area contributed by atoms with Gasteiger partial charge in [-0.3, -0.25) is 9.59 Å². The maximum Gasteiger partial charge on any atom is 0.306 e. The molecule has 6 nitrogen and oxygen atoms in total. The van der Waals surface area contributed by atoms with Crippen molar-refractivity contribution in [1.82, 2.24) is 4.98 Å². The first-order chi connectivity index (χ1) is 13.0. The molecular formula is C21H27NO5. The average Bonchev–Trinajstić information content (AvgIpc) is 2.66. The van der Waals surface area contributed by atoms with Crippen molar-refractivity contribution < 1.29 is 19.0 Å². The second-order valence-electron chi connectivity index (χ2n) is 6.64. The van der Waals surface area contributed by atoms with Gasteiger partial charge in [0.1, 0.15) is 12.4 Å². The Kier molecular flexibility index (Phi) is 8.42. The summed E-state index contributed by atoms with van der Waals surface area (Å²) in [5.41, 5.74) is 0.310. The van der Waals surface area contributed by atoms with Crippen molar-refractivity contribution in [3.05, 3.63) is 58.5 Å². The number of hydrogen-bond acceptors (Lipinski definition) is 5. The van der Waals surface area contributed by atoms with E-state index in [9.17, 15) is 9.59 Å². The Morgan fingerprint density at radius 2 is 1.89 bits per heavy atom. The number of pyridine rings is 1. The van der Waals surface area contributed by atoms with Crippen molar-refractivity contribution in [3.8, 4) is 11.5 Å². The number of H-pyrrole nitrogens is 1. The number of carbonyl (C=O) groups excluding carboxylic acids is 1. The summed E-state index contributed by atoms with van der Waals surface area (Å²) in [7, 11) is 0. The molecule has 0 saturated carbocycles. The van der Waals surface area contributed by atoms with Crippen LogP contribution in [0.15, 0.2) is 47.4 Å². The van der Waals surface area contributed by atoms with E-state index in [-0.39, 0.29) is 30.2 Å². The van der Waals surface area contributed by atoms with Crippen LogP contribution in [0.25, 0.3) is 0 Å². The normalized spacial score (nSPS) is 10.6. The summed E-state index contributed by atoms with van der Waals surface area (Å²) >= 11 is 0. The Hall–Kier alpha value is -2.76. The second kappa shape index (κ2) is 11.1. The maximum atomic E-state index is 12.0. The molecule has 2 aromatic rings. The quantitative estimate of drug-likeness (QED) is 0.480. The van der Waals surface area contributed by atoms with E-state index in [0.29, 0.717) is 31.2 Å². The Labute approximate surface area is 159 Å². The van der Waals surface area contributed by atoms with Crippen LogP contribution >= 0.6 is 0 Å². The van der Waals surface area contributed by atoms with Crippen LogP contribution in [0.1, 0.15) is 38.8 Å². The highest BCUT2D eigenvalue weighted by molar-refractivity contribution is 5.69. The molecule has 1 N–H and O–H groups in total. The summed E-state index contributed by atoms with van der Waals surface area (Å²) < 4.78 is 16.2. The molecule has 0 unspecified atom stereocenters. The number of hydrogen-bond donors (Lipinski definition) is 1. The zero-order valence-corrected chi connectivity index (χ0v) is 15.9. The highest BCUT2D eigenvalue weighted by Crippen LogP contribution is 2.09. The molecule has 0 aliphatic heterocycles. The summed E-state index contributed by atoms with van der Waals surface area (Å²) in [6, 6.07) is 10.8. The number of ether oxygens (including phenoxy) is 3. The zero-order valence-electron chi connectivity index (χ0n) is 15.9. The van der Waals surface area contributed by atoms with E-state index >= 15 is 0 Å². The fourth-order valence-electron chi connectivity index (χ4n) is 2.25. The van der Waals surface area contributed by atoms with Gasteiger partial charge in [0.2, 0.25) is 5.43 Å². The topological polar surface area (TPSA) is 77.6 Å². The summed E-state index contributed by atoms with van der Waals surface area (Å²) in [5.74, 6) is 1.24. The smallest absolute Gasteiger partial charge is 0.306 e. The molecule has 0 radical (unpaired) electrons. The van der Waals surface area contributed by atoms with Gasteiger partial charge < -0.3 is 19.2 Å². The van der Waals surface area contributed by atoms with Gasteiger partial charge in [-0.2, -0.15) is 0 Å². The number of rotatable bonds is 11. The van der Waals surface area contributed by atoms with Crippen LogP contribution in [-0.2, 0) is 16.1 Å². The Morgan fingerprint density at radius 3 is 2.59 bits per heavy atom. The van der Waals surface area contributed by atoms with Crippen LogP contribution in [0.5, 0.6) is 11.5 Å². The van der Waals surface area contributed by atoms with Gasteiger partial charge in [-0.25, -0.2) is 0 Å². The fraction of sp³-hybridized carbons (Fsp3) is 0.429. The molecule has 0 spiro atoms. The molecule has 27 heavy (non-hydrogen) atoms. The number of aromatic nitrogens is 1. The highest BCUT2D eigenvalue weighted by atomic mass is 16.5. The lowest BCUT2D eigenvalue weighted by atomic mass is 10.1. The van der Waals surface area contributed by atoms with Gasteiger partial charge in [-0.15, -0.1) is 0 Å². The molecule has 0 aliphatic rings. The van der Waals surface area contributed by atoms with E-state index < -0.39 is 0 Å². The van der Waals surface area contributed by atoms with Gasteiger partial charge in [0, 0.05) is 18.7 Å². The predicted octanol–water partition coefficient (Wildman–Crippen LogP) is 3.70. The van der Waals surface area contributed by atoms with Crippen LogP contribution in [0.2, 0.25) is 0 Å². The molecule has 1 aromatic carbocycles. The molecule has 146 valence electrons. The second-order valence-corrected chi connectivity index (χ2v) is 6.64. The van der Waals surface area contributed by atoms with Gasteiger partial charge in [-0.1, -0.05) is 32.0 Å². The average molecular weight is 373 g/mol. The molecule has 0 amide bonds. The lowest BCUT2D eigenvalue weighted by Gasteiger charge is -2.09. The number of para-hydroxylation sites is 1. The minimum absolute atomic E-state index is 0.0277. The minimum Gasteiger partial charge on any atom is -0.494 e. The SMILES string of the molecule is CC(C)CCOc1c[nH]c(COC(=O)CCCOc2ccccc2)cc1=O. The van der Waals surface area contributed by atoms with E-state index in [2.05, 4.69) is 18.8 Å². The molecule has 0 saturated heterocycles. The molecule has 1 heterocycles. The highest BCUT2D eigenvalue weighted by Gasteiger charge is 2.07. The van der Waals surface area contributed by atoms with Crippen LogP contribution in [0.4, 0.5) is 0 Å². The van der Waals surface area contributed by atoms with Gasteiger partial charge in [0.25, 0.3) is 0 Å². The predicted molar refractivity (Wildman–Crippen MR) is 103 cm³/mol. The number of carbonyl (C=O) groups is 1. The van der Waals surface area contributed by atoms with Crippen molar-refractivity contribution >= 4 is 5.97 Å². The van der Waals surface area contributed by atoms with Crippen LogP contribution < -0.4 is 14.9 Å². The molecule has 0 atom stereocenters. The Bertz CT molecular complexity index is 755. The summed E-state index contributed by atoms with van der Waals surface area (Å²) in [6.45, 7) is 5.16. The largest absolute Gasteiger partial charge is 0.494 e. The first kappa shape index (κ1) is 20.6. The van der Waals surface area contributed by atoms with Crippen LogP contribution in [0, 0.1) is 5.92 Å². The van der Waals surface area contributed by atoms with Crippen LogP contribution in [0.3, 0.4) is 0 Å². The van der Waals surface area contributed by atoms with Crippen molar-refractivity contribution in [2.75, 3.05) is 13.2 Å². The third-order valence-electron chi connectivity index (χ3n) is 3.82. The Balaban J connectivity index is 1.67. The number of nitrogens with one attached hydrogen (secondary N) is 1. The van der Waals surface area contributed by atoms with Gasteiger partial charge in [0.05, 0.1) is 18.9 Å². The standard InChI is InChI=1S/C21H27NO5/c1-16(2)10-12-26-20-14-22-17(13-19(20)23)15-27-21(24)9-6-11-25-18-7-4-3-5-8-18/h3-5,7-8,13-14,16H,6,9-12,15H2,1-2H3,(H,22,23). The molecule has 0 fully saturated rings. The molecule has 1 aromatic heterocycles. The van der Waals surface area contributed by atoms with Crippen molar-refractivity contribution in [2.24, 2.45) is 5.92 Å². The Morgan fingerprint density at radius 1 is 1.11 bits per heavy atom. The van der Waals surface area contributed by atoms with E-state index in [1.165, 1.54) is 12.3 Å². The van der Waals surface area contributed by atoms with E-state index in [1.807, 2.05) is 30.3 Å². The number of aromatic amines is 1. The summed E-state index contributed by atoms with van der Waals surface area (Å²) in [4.78, 5) is 26.7. The monoisotopic (exact) mass is 373 g/mol. The van der Waals surface area contributed by atoms with Crippen LogP contribution in [-0.4, -0.2) is 24.2 Å². The maximum absolute atomic E-state index is 12.0. The van der Waals surface area contributed by atoms with Crippen molar-refractivity contribution in [2.45, 2.75) is 39.7 Å². The molecular weight excluding hydrogens is 346 g/mol.